The highest BCUT2D eigenvalue weighted by Gasteiger charge is 2.21. The zero-order valence-corrected chi connectivity index (χ0v) is 12.4. The van der Waals surface area contributed by atoms with Gasteiger partial charge in [0.2, 0.25) is 0 Å². The number of hydrogen-bond acceptors (Lipinski definition) is 4. The molecule has 0 aromatic carbocycles. The quantitative estimate of drug-likeness (QED) is 0.713. The highest BCUT2D eigenvalue weighted by Crippen LogP contribution is 2.21. The third kappa shape index (κ3) is 3.08. The summed E-state index contributed by atoms with van der Waals surface area (Å²) in [5.41, 5.74) is 0.994. The van der Waals surface area contributed by atoms with Crippen LogP contribution in [0.3, 0.4) is 0 Å². The number of amides is 1. The number of nitrogens with zero attached hydrogens (tertiary/aromatic N) is 1. The van der Waals surface area contributed by atoms with E-state index in [1.165, 1.54) is 11.3 Å². The molecule has 0 radical (unpaired) electrons. The summed E-state index contributed by atoms with van der Waals surface area (Å²) in [6.07, 6.45) is 3.22. The Hall–Kier alpha value is -2.27. The maximum Gasteiger partial charge on any atom is 0.265 e. The molecule has 0 spiro atoms. The lowest BCUT2D eigenvalue weighted by atomic mass is 10.2. The highest BCUT2D eigenvalue weighted by atomic mass is 32.1. The van der Waals surface area contributed by atoms with Gasteiger partial charge in [0, 0.05) is 0 Å². The standard InChI is InChI=1S/C16H15NO3S/c1-12-6-9-21-15(12)16(18)17(10-13-4-2-7-19-13)11-14-5-3-8-20-14/h2-9H,10-11H2,1H3. The summed E-state index contributed by atoms with van der Waals surface area (Å²) in [7, 11) is 0. The Kier molecular flexibility index (Phi) is 3.92. The van der Waals surface area contributed by atoms with Gasteiger partial charge in [0.05, 0.1) is 30.5 Å². The van der Waals surface area contributed by atoms with Gasteiger partial charge in [-0.1, -0.05) is 0 Å². The molecule has 4 nitrogen and oxygen atoms in total. The number of hydrogen-bond donors (Lipinski definition) is 0. The SMILES string of the molecule is Cc1ccsc1C(=O)N(Cc1ccco1)Cc1ccco1. The predicted molar refractivity (Wildman–Crippen MR) is 80.0 cm³/mol. The van der Waals surface area contributed by atoms with E-state index in [0.29, 0.717) is 13.1 Å². The van der Waals surface area contributed by atoms with Crippen molar-refractivity contribution in [2.45, 2.75) is 20.0 Å². The molecular weight excluding hydrogens is 286 g/mol. The summed E-state index contributed by atoms with van der Waals surface area (Å²) in [6, 6.07) is 9.33. The number of carbonyl (C=O) groups is 1. The van der Waals surface area contributed by atoms with Gasteiger partial charge in [-0.2, -0.15) is 0 Å². The summed E-state index contributed by atoms with van der Waals surface area (Å²) in [4.78, 5) is 15.2. The summed E-state index contributed by atoms with van der Waals surface area (Å²) >= 11 is 1.46. The molecule has 0 unspecified atom stereocenters. The monoisotopic (exact) mass is 301 g/mol. The molecule has 0 aliphatic heterocycles. The highest BCUT2D eigenvalue weighted by molar-refractivity contribution is 7.12. The molecule has 3 rings (SSSR count). The Labute approximate surface area is 126 Å². The van der Waals surface area contributed by atoms with Crippen LogP contribution in [0.25, 0.3) is 0 Å². The van der Waals surface area contributed by atoms with E-state index in [9.17, 15) is 4.79 Å². The van der Waals surface area contributed by atoms with Crippen molar-refractivity contribution in [3.63, 3.8) is 0 Å². The lowest BCUT2D eigenvalue weighted by molar-refractivity contribution is 0.0709. The molecule has 108 valence electrons. The van der Waals surface area contributed by atoms with Gasteiger partial charge in [-0.15, -0.1) is 11.3 Å². The topological polar surface area (TPSA) is 46.6 Å². The second kappa shape index (κ2) is 6.01. The van der Waals surface area contributed by atoms with Gasteiger partial charge in [-0.25, -0.2) is 0 Å². The maximum atomic E-state index is 12.7. The summed E-state index contributed by atoms with van der Waals surface area (Å²) in [5.74, 6) is 1.50. The zero-order valence-electron chi connectivity index (χ0n) is 11.6. The van der Waals surface area contributed by atoms with E-state index in [4.69, 9.17) is 8.83 Å². The fourth-order valence-corrected chi connectivity index (χ4v) is 3.01. The minimum atomic E-state index is -0.00435. The Bertz CT molecular complexity index is 662. The molecule has 5 heteroatoms. The molecule has 0 bridgehead atoms. The van der Waals surface area contributed by atoms with Crippen LogP contribution in [0.15, 0.2) is 57.1 Å². The Balaban J connectivity index is 1.84. The first-order valence-corrected chi connectivity index (χ1v) is 7.50. The smallest absolute Gasteiger partial charge is 0.265 e. The molecule has 0 saturated heterocycles. The molecule has 1 amide bonds. The number of aryl methyl sites for hydroxylation is 1. The van der Waals surface area contributed by atoms with E-state index in [0.717, 1.165) is 22.0 Å². The average molecular weight is 301 g/mol. The van der Waals surface area contributed by atoms with Crippen LogP contribution in [0.4, 0.5) is 0 Å². The van der Waals surface area contributed by atoms with Gasteiger partial charge in [-0.05, 0) is 48.2 Å². The predicted octanol–water partition coefficient (Wildman–Crippen LogP) is 4.09. The van der Waals surface area contributed by atoms with Gasteiger partial charge in [0.1, 0.15) is 11.5 Å². The van der Waals surface area contributed by atoms with Crippen LogP contribution in [0.5, 0.6) is 0 Å². The van der Waals surface area contributed by atoms with Crippen LogP contribution in [0.1, 0.15) is 26.8 Å². The third-order valence-corrected chi connectivity index (χ3v) is 4.20. The largest absolute Gasteiger partial charge is 0.467 e. The number of carbonyl (C=O) groups excluding carboxylic acids is 1. The second-order valence-electron chi connectivity index (χ2n) is 4.75. The summed E-state index contributed by atoms with van der Waals surface area (Å²) < 4.78 is 10.7. The van der Waals surface area contributed by atoms with Gasteiger partial charge in [0.15, 0.2) is 0 Å². The Morgan fingerprint density at radius 2 is 1.71 bits per heavy atom. The van der Waals surface area contributed by atoms with Gasteiger partial charge < -0.3 is 13.7 Å². The van der Waals surface area contributed by atoms with Crippen molar-refractivity contribution in [3.8, 4) is 0 Å². The number of thiophene rings is 1. The fraction of sp³-hybridized carbons (Fsp3) is 0.188. The maximum absolute atomic E-state index is 12.7. The second-order valence-corrected chi connectivity index (χ2v) is 5.67. The molecule has 0 N–H and O–H groups in total. The number of rotatable bonds is 5. The normalized spacial score (nSPS) is 10.7. The van der Waals surface area contributed by atoms with E-state index in [1.54, 1.807) is 17.4 Å². The molecule has 3 heterocycles. The molecule has 21 heavy (non-hydrogen) atoms. The first-order chi connectivity index (χ1) is 10.2. The van der Waals surface area contributed by atoms with E-state index in [2.05, 4.69) is 0 Å². The van der Waals surface area contributed by atoms with Crippen LogP contribution in [0, 0.1) is 6.92 Å². The Morgan fingerprint density at radius 1 is 1.10 bits per heavy atom. The van der Waals surface area contributed by atoms with Crippen molar-refractivity contribution < 1.29 is 13.6 Å². The van der Waals surface area contributed by atoms with E-state index < -0.39 is 0 Å². The zero-order chi connectivity index (χ0) is 14.7. The molecule has 0 aliphatic rings. The van der Waals surface area contributed by atoms with Crippen LogP contribution in [-0.2, 0) is 13.1 Å². The van der Waals surface area contributed by atoms with Crippen LogP contribution >= 0.6 is 11.3 Å². The van der Waals surface area contributed by atoms with Crippen LogP contribution < -0.4 is 0 Å². The molecule has 3 aromatic heterocycles. The summed E-state index contributed by atoms with van der Waals surface area (Å²) in [6.45, 7) is 2.79. The number of furan rings is 2. The molecule has 0 fully saturated rings. The minimum Gasteiger partial charge on any atom is -0.467 e. The molecule has 0 atom stereocenters. The molecule has 0 aliphatic carbocycles. The van der Waals surface area contributed by atoms with Gasteiger partial charge in [0.25, 0.3) is 5.91 Å². The van der Waals surface area contributed by atoms with Crippen LogP contribution in [-0.4, -0.2) is 10.8 Å². The summed E-state index contributed by atoms with van der Waals surface area (Å²) in [5, 5.41) is 1.93. The van der Waals surface area contributed by atoms with Crippen molar-refractivity contribution >= 4 is 17.2 Å². The van der Waals surface area contributed by atoms with Gasteiger partial charge in [-0.3, -0.25) is 4.79 Å². The third-order valence-electron chi connectivity index (χ3n) is 3.20. The first kappa shape index (κ1) is 13.7. The van der Waals surface area contributed by atoms with Gasteiger partial charge >= 0.3 is 0 Å². The molecule has 0 saturated carbocycles. The van der Waals surface area contributed by atoms with Crippen molar-refractivity contribution in [2.24, 2.45) is 0 Å². The van der Waals surface area contributed by atoms with E-state index in [1.807, 2.05) is 42.6 Å². The van der Waals surface area contributed by atoms with Crippen LogP contribution in [0.2, 0.25) is 0 Å². The lowest BCUT2D eigenvalue weighted by Crippen LogP contribution is -2.29. The minimum absolute atomic E-state index is 0.00435. The van der Waals surface area contributed by atoms with Crippen molar-refractivity contribution in [3.05, 3.63) is 70.2 Å². The molecular formula is C16H15NO3S. The fourth-order valence-electron chi connectivity index (χ4n) is 2.12. The van der Waals surface area contributed by atoms with Crippen molar-refractivity contribution in [1.29, 1.82) is 0 Å². The first-order valence-electron chi connectivity index (χ1n) is 6.62. The average Bonchev–Trinajstić information content (AvgIpc) is 3.19. The Morgan fingerprint density at radius 3 is 2.14 bits per heavy atom. The van der Waals surface area contributed by atoms with Crippen molar-refractivity contribution in [2.75, 3.05) is 0 Å². The van der Waals surface area contributed by atoms with E-state index >= 15 is 0 Å². The molecule has 3 aromatic rings. The van der Waals surface area contributed by atoms with E-state index in [-0.39, 0.29) is 5.91 Å². The van der Waals surface area contributed by atoms with Crippen molar-refractivity contribution in [1.82, 2.24) is 4.90 Å². The lowest BCUT2D eigenvalue weighted by Gasteiger charge is -2.20.